The minimum atomic E-state index is -0.185. The van der Waals surface area contributed by atoms with Crippen LogP contribution in [0.3, 0.4) is 0 Å². The number of hydrogen-bond donors (Lipinski definition) is 1. The number of benzene rings is 2. The van der Waals surface area contributed by atoms with Crippen LogP contribution in [-0.2, 0) is 12.8 Å². The van der Waals surface area contributed by atoms with Gasteiger partial charge in [0.15, 0.2) is 11.5 Å². The highest BCUT2D eigenvalue weighted by molar-refractivity contribution is 6.32. The Morgan fingerprint density at radius 3 is 2.65 bits per heavy atom. The second-order valence-corrected chi connectivity index (χ2v) is 5.70. The molecule has 0 aliphatic carbocycles. The quantitative estimate of drug-likeness (QED) is 0.900. The number of halogens is 1. The van der Waals surface area contributed by atoms with Crippen molar-refractivity contribution in [3.63, 3.8) is 0 Å². The van der Waals surface area contributed by atoms with Gasteiger partial charge in [0.2, 0.25) is 6.79 Å². The number of ether oxygens (including phenoxy) is 2. The first-order valence-corrected chi connectivity index (χ1v) is 8.03. The van der Waals surface area contributed by atoms with Crippen LogP contribution in [0.2, 0.25) is 5.02 Å². The average molecular weight is 332 g/mol. The monoisotopic (exact) mass is 331 g/mol. The molecule has 120 valence electrons. The fourth-order valence-corrected chi connectivity index (χ4v) is 2.98. The second-order valence-electron chi connectivity index (χ2n) is 5.29. The molecule has 0 fully saturated rings. The van der Waals surface area contributed by atoms with Crippen LogP contribution < -0.4 is 14.8 Å². The summed E-state index contributed by atoms with van der Waals surface area (Å²) >= 11 is 6.28. The second kappa shape index (κ2) is 6.50. The highest BCUT2D eigenvalue weighted by atomic mass is 35.5. The highest BCUT2D eigenvalue weighted by Crippen LogP contribution is 2.34. The normalized spacial score (nSPS) is 12.3. The lowest BCUT2D eigenvalue weighted by Gasteiger charge is -2.16. The van der Waals surface area contributed by atoms with Crippen LogP contribution in [0, 0.1) is 0 Å². The standard InChI is InChI=1S/C18H18ClNO3/c1-3-11-5-7-14(19)13(4-2)17(11)20-18(21)12-6-8-15-16(9-12)23-10-22-15/h5-9H,3-4,10H2,1-2H3,(H,20,21). The van der Waals surface area contributed by atoms with Crippen LogP contribution in [0.25, 0.3) is 0 Å². The number of aryl methyl sites for hydroxylation is 1. The Balaban J connectivity index is 1.92. The van der Waals surface area contributed by atoms with Gasteiger partial charge < -0.3 is 14.8 Å². The minimum Gasteiger partial charge on any atom is -0.454 e. The number of carbonyl (C=O) groups is 1. The van der Waals surface area contributed by atoms with Gasteiger partial charge in [-0.05, 0) is 48.2 Å². The van der Waals surface area contributed by atoms with Crippen LogP contribution in [0.15, 0.2) is 30.3 Å². The first-order chi connectivity index (χ1) is 11.1. The van der Waals surface area contributed by atoms with Crippen LogP contribution >= 0.6 is 11.6 Å². The Labute approximate surface area is 140 Å². The molecular weight excluding hydrogens is 314 g/mol. The lowest BCUT2D eigenvalue weighted by atomic mass is 10.0. The summed E-state index contributed by atoms with van der Waals surface area (Å²) in [4.78, 5) is 12.6. The number of rotatable bonds is 4. The molecule has 0 radical (unpaired) electrons. The van der Waals surface area contributed by atoms with E-state index in [1.807, 2.05) is 19.1 Å². The first kappa shape index (κ1) is 15.7. The Hall–Kier alpha value is -2.20. The number of fused-ring (bicyclic) bond motifs is 1. The molecule has 23 heavy (non-hydrogen) atoms. The van der Waals surface area contributed by atoms with E-state index in [9.17, 15) is 4.79 Å². The van der Waals surface area contributed by atoms with E-state index in [1.165, 1.54) is 0 Å². The number of anilines is 1. The molecule has 2 aromatic rings. The minimum absolute atomic E-state index is 0.185. The third-order valence-corrected chi connectivity index (χ3v) is 4.30. The van der Waals surface area contributed by atoms with Crippen molar-refractivity contribution in [1.82, 2.24) is 0 Å². The van der Waals surface area contributed by atoms with E-state index in [2.05, 4.69) is 12.2 Å². The van der Waals surface area contributed by atoms with Crippen molar-refractivity contribution < 1.29 is 14.3 Å². The summed E-state index contributed by atoms with van der Waals surface area (Å²) in [6.07, 6.45) is 1.57. The third kappa shape index (κ3) is 2.99. The maximum atomic E-state index is 12.6. The molecule has 0 saturated carbocycles. The zero-order valence-electron chi connectivity index (χ0n) is 13.1. The van der Waals surface area contributed by atoms with Gasteiger partial charge in [0, 0.05) is 16.3 Å². The van der Waals surface area contributed by atoms with Gasteiger partial charge in [0.05, 0.1) is 0 Å². The molecule has 4 nitrogen and oxygen atoms in total. The maximum Gasteiger partial charge on any atom is 0.255 e. The van der Waals surface area contributed by atoms with Crippen molar-refractivity contribution in [3.05, 3.63) is 52.0 Å². The van der Waals surface area contributed by atoms with Crippen molar-refractivity contribution in [3.8, 4) is 11.5 Å². The van der Waals surface area contributed by atoms with Gasteiger partial charge in [-0.2, -0.15) is 0 Å². The fraction of sp³-hybridized carbons (Fsp3) is 0.278. The van der Waals surface area contributed by atoms with E-state index in [0.29, 0.717) is 22.1 Å². The maximum absolute atomic E-state index is 12.6. The summed E-state index contributed by atoms with van der Waals surface area (Å²) in [7, 11) is 0. The summed E-state index contributed by atoms with van der Waals surface area (Å²) in [5.41, 5.74) is 3.36. The van der Waals surface area contributed by atoms with Gasteiger partial charge in [0.1, 0.15) is 0 Å². The molecule has 1 heterocycles. The van der Waals surface area contributed by atoms with E-state index >= 15 is 0 Å². The molecule has 0 atom stereocenters. The summed E-state index contributed by atoms with van der Waals surface area (Å²) in [6, 6.07) is 9.01. The van der Waals surface area contributed by atoms with Gasteiger partial charge in [0.25, 0.3) is 5.91 Å². The molecule has 2 aromatic carbocycles. The van der Waals surface area contributed by atoms with Crippen molar-refractivity contribution in [2.24, 2.45) is 0 Å². The molecule has 5 heteroatoms. The molecule has 0 unspecified atom stereocenters. The molecule has 0 aromatic heterocycles. The van der Waals surface area contributed by atoms with Crippen LogP contribution in [0.5, 0.6) is 11.5 Å². The lowest BCUT2D eigenvalue weighted by Crippen LogP contribution is -2.15. The largest absolute Gasteiger partial charge is 0.454 e. The smallest absolute Gasteiger partial charge is 0.255 e. The van der Waals surface area contributed by atoms with E-state index < -0.39 is 0 Å². The van der Waals surface area contributed by atoms with E-state index in [0.717, 1.165) is 29.7 Å². The van der Waals surface area contributed by atoms with Gasteiger partial charge in [-0.15, -0.1) is 0 Å². The molecule has 0 saturated heterocycles. The molecule has 1 aliphatic rings. The van der Waals surface area contributed by atoms with Crippen molar-refractivity contribution in [2.45, 2.75) is 26.7 Å². The van der Waals surface area contributed by atoms with E-state index in [4.69, 9.17) is 21.1 Å². The Morgan fingerprint density at radius 1 is 1.13 bits per heavy atom. The zero-order chi connectivity index (χ0) is 16.4. The van der Waals surface area contributed by atoms with Crippen LogP contribution in [0.4, 0.5) is 5.69 Å². The third-order valence-electron chi connectivity index (χ3n) is 3.95. The highest BCUT2D eigenvalue weighted by Gasteiger charge is 2.18. The first-order valence-electron chi connectivity index (χ1n) is 7.65. The Kier molecular flexibility index (Phi) is 4.44. The van der Waals surface area contributed by atoms with Crippen molar-refractivity contribution >= 4 is 23.2 Å². The van der Waals surface area contributed by atoms with Gasteiger partial charge in [-0.3, -0.25) is 4.79 Å². The predicted molar refractivity (Wildman–Crippen MR) is 90.7 cm³/mol. The molecule has 1 amide bonds. The van der Waals surface area contributed by atoms with Crippen LogP contribution in [-0.4, -0.2) is 12.7 Å². The van der Waals surface area contributed by atoms with Gasteiger partial charge in [-0.25, -0.2) is 0 Å². The molecule has 3 rings (SSSR count). The Morgan fingerprint density at radius 2 is 1.91 bits per heavy atom. The van der Waals surface area contributed by atoms with E-state index in [1.54, 1.807) is 18.2 Å². The van der Waals surface area contributed by atoms with Gasteiger partial charge >= 0.3 is 0 Å². The topological polar surface area (TPSA) is 47.6 Å². The van der Waals surface area contributed by atoms with E-state index in [-0.39, 0.29) is 12.7 Å². The number of nitrogens with one attached hydrogen (secondary N) is 1. The molecule has 0 spiro atoms. The molecular formula is C18H18ClNO3. The predicted octanol–water partition coefficient (Wildman–Crippen LogP) is 4.45. The SMILES string of the molecule is CCc1ccc(Cl)c(CC)c1NC(=O)c1ccc2c(c1)OCO2. The average Bonchev–Trinajstić information content (AvgIpc) is 3.03. The summed E-state index contributed by atoms with van der Waals surface area (Å²) in [6.45, 7) is 4.27. The summed E-state index contributed by atoms with van der Waals surface area (Å²) < 4.78 is 10.6. The van der Waals surface area contributed by atoms with Crippen molar-refractivity contribution in [2.75, 3.05) is 12.1 Å². The molecule has 1 N–H and O–H groups in total. The lowest BCUT2D eigenvalue weighted by molar-refractivity contribution is 0.102. The van der Waals surface area contributed by atoms with Gasteiger partial charge in [-0.1, -0.05) is 31.5 Å². The van der Waals surface area contributed by atoms with Crippen molar-refractivity contribution in [1.29, 1.82) is 0 Å². The summed E-state index contributed by atoms with van der Waals surface area (Å²) in [5, 5.41) is 3.68. The Bertz CT molecular complexity index is 758. The fourth-order valence-electron chi connectivity index (χ4n) is 2.69. The zero-order valence-corrected chi connectivity index (χ0v) is 13.9. The number of amides is 1. The number of hydrogen-bond acceptors (Lipinski definition) is 3. The van der Waals surface area contributed by atoms with Crippen LogP contribution in [0.1, 0.15) is 35.3 Å². The number of carbonyl (C=O) groups excluding carboxylic acids is 1. The molecule has 0 bridgehead atoms. The molecule has 1 aliphatic heterocycles. The summed E-state index contributed by atoms with van der Waals surface area (Å²) in [5.74, 6) is 1.07.